The summed E-state index contributed by atoms with van der Waals surface area (Å²) in [7, 11) is 0. The summed E-state index contributed by atoms with van der Waals surface area (Å²) < 4.78 is 0. The lowest BCUT2D eigenvalue weighted by molar-refractivity contribution is 0.102. The monoisotopic (exact) mass is 263 g/mol. The molecular weight excluding hydrogens is 248 g/mol. The van der Waals surface area contributed by atoms with Crippen LogP contribution in [-0.2, 0) is 12.6 Å². The lowest BCUT2D eigenvalue weighted by Gasteiger charge is -2.07. The van der Waals surface area contributed by atoms with Gasteiger partial charge in [0.2, 0.25) is 0 Å². The Balaban J connectivity index is 2.56. The van der Waals surface area contributed by atoms with Crippen molar-refractivity contribution in [3.63, 3.8) is 0 Å². The molecule has 0 aliphatic rings. The molecule has 0 aliphatic carbocycles. The highest BCUT2D eigenvalue weighted by Crippen LogP contribution is 2.34. The molecule has 0 N–H and O–H groups in total. The molecule has 0 spiro atoms. The molecule has 0 fully saturated rings. The van der Waals surface area contributed by atoms with E-state index in [1.165, 1.54) is 16.7 Å². The number of hydrogen-bond donors (Lipinski definition) is 0. The summed E-state index contributed by atoms with van der Waals surface area (Å²) in [5.41, 5.74) is 3.70. The average Bonchev–Trinajstić information content (AvgIpc) is 2.65. The summed E-state index contributed by atoms with van der Waals surface area (Å²) in [5, 5.41) is 0. The molecule has 0 aliphatic heterocycles. The van der Waals surface area contributed by atoms with Crippen LogP contribution in [0.2, 0.25) is 0 Å². The van der Waals surface area contributed by atoms with Crippen molar-refractivity contribution in [1.29, 1.82) is 0 Å². The summed E-state index contributed by atoms with van der Waals surface area (Å²) >= 11 is 5.11. The predicted octanol–water partition coefficient (Wildman–Crippen LogP) is 3.60. The third-order valence-corrected chi connectivity index (χ3v) is 4.22. The number of aryl methyl sites for hydroxylation is 2. The van der Waals surface area contributed by atoms with E-state index in [1.807, 2.05) is 12.1 Å². The molecule has 17 heavy (non-hydrogen) atoms. The number of carbonyl (C=O) groups excluding carboxylic acids is 1. The first kappa shape index (κ1) is 12.4. The summed E-state index contributed by atoms with van der Waals surface area (Å²) in [5.74, 6) is 0.133. The Labute approximate surface area is 111 Å². The lowest BCUT2D eigenvalue weighted by Crippen LogP contribution is -1.87. The van der Waals surface area contributed by atoms with Crippen molar-refractivity contribution in [2.45, 2.75) is 25.7 Å². The fourth-order valence-corrected chi connectivity index (χ4v) is 3.52. The summed E-state index contributed by atoms with van der Waals surface area (Å²) in [6, 6.07) is 8.14. The van der Waals surface area contributed by atoms with E-state index in [0.717, 1.165) is 14.6 Å². The van der Waals surface area contributed by atoms with Crippen molar-refractivity contribution in [2.75, 3.05) is 0 Å². The smallest absolute Gasteiger partial charge is 0.169 e. The van der Waals surface area contributed by atoms with Gasteiger partial charge in [0, 0.05) is 4.88 Å². The second-order valence-electron chi connectivity index (χ2n) is 4.21. The largest absolute Gasteiger partial charge is 0.294 e. The van der Waals surface area contributed by atoms with Crippen LogP contribution in [-0.4, -0.2) is 5.78 Å². The van der Waals surface area contributed by atoms with Crippen molar-refractivity contribution >= 4 is 29.7 Å². The van der Waals surface area contributed by atoms with Crippen molar-refractivity contribution in [3.8, 4) is 10.4 Å². The zero-order valence-corrected chi connectivity index (χ0v) is 11.9. The number of benzene rings is 1. The van der Waals surface area contributed by atoms with Gasteiger partial charge in [-0.05, 0) is 74.4 Å². The van der Waals surface area contributed by atoms with Crippen LogP contribution < -0.4 is 0 Å². The minimum atomic E-state index is 0.133. The van der Waals surface area contributed by atoms with E-state index in [-0.39, 0.29) is 5.78 Å². The SMILES string of the molecule is CC(=O)c1ccc(-c2c(C)cc([SH2+])cc2C)s1. The Bertz CT molecular complexity index is 559. The molecule has 0 amide bonds. The number of thiophene rings is 1. The molecular formula is C14H15OS2+. The van der Waals surface area contributed by atoms with Crippen molar-refractivity contribution in [2.24, 2.45) is 0 Å². The molecule has 1 aromatic heterocycles. The van der Waals surface area contributed by atoms with Gasteiger partial charge in [-0.1, -0.05) is 0 Å². The van der Waals surface area contributed by atoms with Gasteiger partial charge in [-0.3, -0.25) is 4.79 Å². The van der Waals surface area contributed by atoms with Gasteiger partial charge >= 0.3 is 0 Å². The molecule has 1 nitrogen and oxygen atoms in total. The minimum Gasteiger partial charge on any atom is -0.294 e. The fraction of sp³-hybridized carbons (Fsp3) is 0.214. The Morgan fingerprint density at radius 2 is 1.76 bits per heavy atom. The van der Waals surface area contributed by atoms with Crippen molar-refractivity contribution in [1.82, 2.24) is 0 Å². The van der Waals surface area contributed by atoms with E-state index in [4.69, 9.17) is 0 Å². The molecule has 2 aromatic rings. The van der Waals surface area contributed by atoms with Gasteiger partial charge in [-0.25, -0.2) is 0 Å². The van der Waals surface area contributed by atoms with E-state index >= 15 is 0 Å². The first-order valence-electron chi connectivity index (χ1n) is 5.43. The fourth-order valence-electron chi connectivity index (χ4n) is 2.01. The van der Waals surface area contributed by atoms with Gasteiger partial charge < -0.3 is 0 Å². The highest BCUT2D eigenvalue weighted by atomic mass is 32.1. The van der Waals surface area contributed by atoms with E-state index in [1.54, 1.807) is 18.3 Å². The minimum absolute atomic E-state index is 0.133. The number of carbonyl (C=O) groups is 1. The molecule has 1 aromatic carbocycles. The molecule has 0 bridgehead atoms. The molecule has 3 heteroatoms. The van der Waals surface area contributed by atoms with E-state index in [2.05, 4.69) is 38.6 Å². The number of Topliss-reactive ketones (excluding diaryl/α,β-unsaturated/α-hetero) is 1. The molecule has 1 heterocycles. The highest BCUT2D eigenvalue weighted by Gasteiger charge is 2.12. The molecule has 0 unspecified atom stereocenters. The first-order valence-corrected chi connectivity index (χ1v) is 6.74. The quantitative estimate of drug-likeness (QED) is 0.597. The van der Waals surface area contributed by atoms with Gasteiger partial charge in [-0.15, -0.1) is 11.3 Å². The normalized spacial score (nSPS) is 10.6. The van der Waals surface area contributed by atoms with E-state index in [0.29, 0.717) is 0 Å². The van der Waals surface area contributed by atoms with Gasteiger partial charge in [0.05, 0.1) is 4.88 Å². The van der Waals surface area contributed by atoms with Gasteiger partial charge in [-0.2, -0.15) is 0 Å². The number of rotatable bonds is 2. The molecule has 0 atom stereocenters. The molecule has 0 radical (unpaired) electrons. The first-order chi connectivity index (χ1) is 7.99. The maximum Gasteiger partial charge on any atom is 0.169 e. The lowest BCUT2D eigenvalue weighted by atomic mass is 10.0. The molecule has 0 saturated carbocycles. The summed E-state index contributed by atoms with van der Waals surface area (Å²) in [4.78, 5) is 14.4. The van der Waals surface area contributed by atoms with Crippen LogP contribution >= 0.6 is 11.3 Å². The third kappa shape index (κ3) is 2.45. The Kier molecular flexibility index (Phi) is 3.40. The zero-order chi connectivity index (χ0) is 12.6. The third-order valence-electron chi connectivity index (χ3n) is 2.73. The van der Waals surface area contributed by atoms with Crippen LogP contribution in [0.3, 0.4) is 0 Å². The zero-order valence-electron chi connectivity index (χ0n) is 10.1. The van der Waals surface area contributed by atoms with Gasteiger partial charge in [0.25, 0.3) is 0 Å². The Morgan fingerprint density at radius 1 is 1.18 bits per heavy atom. The van der Waals surface area contributed by atoms with Crippen LogP contribution in [0.4, 0.5) is 0 Å². The Hall–Kier alpha value is -1.06. The van der Waals surface area contributed by atoms with Crippen LogP contribution in [0.25, 0.3) is 10.4 Å². The molecule has 0 saturated heterocycles. The summed E-state index contributed by atoms with van der Waals surface area (Å²) in [6.45, 7) is 5.80. The topological polar surface area (TPSA) is 17.1 Å². The van der Waals surface area contributed by atoms with Crippen molar-refractivity contribution < 1.29 is 4.79 Å². The molecule has 88 valence electrons. The van der Waals surface area contributed by atoms with Gasteiger partial charge in [0.1, 0.15) is 0 Å². The van der Waals surface area contributed by atoms with Crippen LogP contribution in [0.5, 0.6) is 0 Å². The van der Waals surface area contributed by atoms with Crippen LogP contribution in [0.1, 0.15) is 27.7 Å². The van der Waals surface area contributed by atoms with E-state index < -0.39 is 0 Å². The van der Waals surface area contributed by atoms with Crippen molar-refractivity contribution in [3.05, 3.63) is 40.3 Å². The second kappa shape index (κ2) is 4.67. The standard InChI is InChI=1S/C14H14OS2/c1-8-6-11(16)7-9(2)14(8)13-5-4-12(17-13)10(3)15/h4-7,16H,1-3H3/p+1. The van der Waals surface area contributed by atoms with Crippen LogP contribution in [0.15, 0.2) is 29.2 Å². The summed E-state index contributed by atoms with van der Waals surface area (Å²) in [6.07, 6.45) is 0. The van der Waals surface area contributed by atoms with Gasteiger partial charge in [0.15, 0.2) is 10.7 Å². The van der Waals surface area contributed by atoms with E-state index in [9.17, 15) is 4.79 Å². The maximum atomic E-state index is 11.3. The predicted molar refractivity (Wildman–Crippen MR) is 77.7 cm³/mol. The second-order valence-corrected chi connectivity index (χ2v) is 5.87. The average molecular weight is 263 g/mol. The molecule has 2 rings (SSSR count). The van der Waals surface area contributed by atoms with Crippen LogP contribution in [0, 0.1) is 13.8 Å². The highest BCUT2D eigenvalue weighted by molar-refractivity contribution is 7.58. The number of ketones is 1. The number of hydrogen-bond acceptors (Lipinski definition) is 2. The maximum absolute atomic E-state index is 11.3. The Morgan fingerprint density at radius 3 is 2.24 bits per heavy atom.